The van der Waals surface area contributed by atoms with Crippen LogP contribution < -0.4 is 5.56 Å². The molecule has 0 bridgehead atoms. The Morgan fingerprint density at radius 2 is 2.17 bits per heavy atom. The second-order valence-corrected chi connectivity index (χ2v) is 7.92. The van der Waals surface area contributed by atoms with Crippen molar-refractivity contribution in [2.24, 2.45) is 0 Å². The van der Waals surface area contributed by atoms with Gasteiger partial charge in [-0.25, -0.2) is 4.98 Å². The van der Waals surface area contributed by atoms with E-state index < -0.39 is 0 Å². The summed E-state index contributed by atoms with van der Waals surface area (Å²) in [6.45, 7) is 2.66. The van der Waals surface area contributed by atoms with Crippen LogP contribution in [0.5, 0.6) is 0 Å². The molecule has 1 aliphatic rings. The Balaban J connectivity index is 2.07. The minimum atomic E-state index is -0.0633. The number of fused-ring (bicyclic) bond motifs is 1. The molecule has 122 valence electrons. The van der Waals surface area contributed by atoms with Crippen molar-refractivity contribution in [3.8, 4) is 0 Å². The molecule has 0 spiro atoms. The smallest absolute Gasteiger partial charge is 0.262 e. The van der Waals surface area contributed by atoms with Crippen LogP contribution in [0.4, 0.5) is 0 Å². The number of carbonyl (C=O) groups excluding carboxylic acids is 1. The third-order valence-electron chi connectivity index (χ3n) is 4.07. The maximum Gasteiger partial charge on any atom is 0.262 e. The van der Waals surface area contributed by atoms with E-state index in [2.05, 4.69) is 20.9 Å². The van der Waals surface area contributed by atoms with Gasteiger partial charge in [-0.2, -0.15) is 0 Å². The number of nitrogens with zero attached hydrogens (tertiary/aromatic N) is 2. The second kappa shape index (κ2) is 7.18. The first-order valence-electron chi connectivity index (χ1n) is 7.99. The Bertz CT molecular complexity index is 803. The van der Waals surface area contributed by atoms with Gasteiger partial charge in [0.2, 0.25) is 0 Å². The molecular weight excluding hydrogens is 376 g/mol. The lowest BCUT2D eigenvalue weighted by Gasteiger charge is -2.21. The van der Waals surface area contributed by atoms with Crippen LogP contribution in [0.1, 0.15) is 39.0 Å². The van der Waals surface area contributed by atoms with E-state index in [4.69, 9.17) is 0 Å². The van der Waals surface area contributed by atoms with Crippen molar-refractivity contribution in [2.45, 2.75) is 56.0 Å². The zero-order valence-electron chi connectivity index (χ0n) is 13.0. The molecule has 3 rings (SSSR count). The van der Waals surface area contributed by atoms with E-state index >= 15 is 0 Å². The van der Waals surface area contributed by atoms with Crippen LogP contribution in [0.15, 0.2) is 32.6 Å². The predicted octanol–water partition coefficient (Wildman–Crippen LogP) is 4.17. The predicted molar refractivity (Wildman–Crippen MR) is 97.1 cm³/mol. The zero-order chi connectivity index (χ0) is 16.4. The van der Waals surface area contributed by atoms with Crippen LogP contribution in [0.3, 0.4) is 0 Å². The molecular formula is C17H19BrN2O2S. The van der Waals surface area contributed by atoms with Gasteiger partial charge in [-0.05, 0) is 37.5 Å². The van der Waals surface area contributed by atoms with Crippen LogP contribution >= 0.6 is 27.7 Å². The molecule has 1 fully saturated rings. The molecule has 0 aliphatic heterocycles. The number of halogens is 1. The van der Waals surface area contributed by atoms with Crippen molar-refractivity contribution in [3.05, 3.63) is 33.0 Å². The lowest BCUT2D eigenvalue weighted by molar-refractivity contribution is -0.119. The van der Waals surface area contributed by atoms with E-state index in [1.807, 2.05) is 25.1 Å². The van der Waals surface area contributed by atoms with Crippen molar-refractivity contribution in [2.75, 3.05) is 0 Å². The van der Waals surface area contributed by atoms with Gasteiger partial charge in [-0.1, -0.05) is 41.0 Å². The first-order chi connectivity index (χ1) is 11.1. The van der Waals surface area contributed by atoms with Crippen molar-refractivity contribution in [3.63, 3.8) is 0 Å². The van der Waals surface area contributed by atoms with E-state index in [1.165, 1.54) is 11.8 Å². The van der Waals surface area contributed by atoms with Gasteiger partial charge in [0, 0.05) is 17.4 Å². The molecule has 0 saturated heterocycles. The molecule has 0 N–H and O–H groups in total. The maximum absolute atomic E-state index is 12.8. The molecule has 1 heterocycles. The summed E-state index contributed by atoms with van der Waals surface area (Å²) in [5, 5.41) is 1.23. The fourth-order valence-corrected chi connectivity index (χ4v) is 4.49. The summed E-state index contributed by atoms with van der Waals surface area (Å²) < 4.78 is 2.59. The fraction of sp³-hybridized carbons (Fsp3) is 0.471. The number of carbonyl (C=O) groups is 1. The Labute approximate surface area is 147 Å². The van der Waals surface area contributed by atoms with E-state index in [0.29, 0.717) is 29.0 Å². The highest BCUT2D eigenvalue weighted by molar-refractivity contribution is 9.10. The lowest BCUT2D eigenvalue weighted by Crippen LogP contribution is -2.27. The summed E-state index contributed by atoms with van der Waals surface area (Å²) in [4.78, 5) is 29.6. The van der Waals surface area contributed by atoms with Crippen LogP contribution in [-0.4, -0.2) is 20.6 Å². The Morgan fingerprint density at radius 1 is 1.35 bits per heavy atom. The SMILES string of the molecule is CCCn1c(S[C@@H]2CCCCC2=O)nc2ccc(Br)cc2c1=O. The van der Waals surface area contributed by atoms with Gasteiger partial charge in [0.05, 0.1) is 16.2 Å². The highest BCUT2D eigenvalue weighted by Crippen LogP contribution is 2.31. The first-order valence-corrected chi connectivity index (χ1v) is 9.67. The minimum absolute atomic E-state index is 0.0242. The van der Waals surface area contributed by atoms with Crippen molar-refractivity contribution >= 4 is 44.4 Å². The summed E-state index contributed by atoms with van der Waals surface area (Å²) in [5.74, 6) is 0.287. The third kappa shape index (κ3) is 3.53. The van der Waals surface area contributed by atoms with Gasteiger partial charge >= 0.3 is 0 Å². The highest BCUT2D eigenvalue weighted by Gasteiger charge is 2.25. The number of ketones is 1. The average molecular weight is 395 g/mol. The van der Waals surface area contributed by atoms with E-state index in [1.54, 1.807) is 4.57 Å². The first kappa shape index (κ1) is 16.7. The highest BCUT2D eigenvalue weighted by atomic mass is 79.9. The molecule has 1 atom stereocenters. The molecule has 1 aromatic carbocycles. The van der Waals surface area contributed by atoms with Gasteiger partial charge in [0.25, 0.3) is 5.56 Å². The molecule has 0 amide bonds. The summed E-state index contributed by atoms with van der Waals surface area (Å²) in [6.07, 6.45) is 4.44. The number of thioether (sulfide) groups is 1. The number of hydrogen-bond donors (Lipinski definition) is 0. The number of Topliss-reactive ketones (excluding diaryl/α,β-unsaturated/α-hetero) is 1. The third-order valence-corrected chi connectivity index (χ3v) is 5.87. The summed E-state index contributed by atoms with van der Waals surface area (Å²) in [5.41, 5.74) is 0.667. The van der Waals surface area contributed by atoms with Crippen molar-refractivity contribution in [1.29, 1.82) is 0 Å². The van der Waals surface area contributed by atoms with Crippen molar-refractivity contribution < 1.29 is 4.79 Å². The van der Waals surface area contributed by atoms with Crippen LogP contribution in [0, 0.1) is 0 Å². The summed E-state index contributed by atoms with van der Waals surface area (Å²) in [7, 11) is 0. The average Bonchev–Trinajstić information content (AvgIpc) is 2.54. The Hall–Kier alpha value is -1.14. The molecule has 4 nitrogen and oxygen atoms in total. The Kier molecular flexibility index (Phi) is 5.21. The molecule has 0 radical (unpaired) electrons. The number of aromatic nitrogens is 2. The molecule has 1 aliphatic carbocycles. The molecule has 2 aromatic rings. The normalized spacial score (nSPS) is 18.5. The zero-order valence-corrected chi connectivity index (χ0v) is 15.5. The fourth-order valence-electron chi connectivity index (χ4n) is 2.89. The molecule has 0 unspecified atom stereocenters. The lowest BCUT2D eigenvalue weighted by atomic mass is 9.99. The minimum Gasteiger partial charge on any atom is -0.298 e. The molecule has 1 aromatic heterocycles. The van der Waals surface area contributed by atoms with Gasteiger partial charge in [0.1, 0.15) is 5.78 Å². The second-order valence-electron chi connectivity index (χ2n) is 5.83. The van der Waals surface area contributed by atoms with E-state index in [9.17, 15) is 9.59 Å². The van der Waals surface area contributed by atoms with Gasteiger partial charge in [-0.15, -0.1) is 0 Å². The monoisotopic (exact) mass is 394 g/mol. The van der Waals surface area contributed by atoms with Gasteiger partial charge in [0.15, 0.2) is 5.16 Å². The molecule has 6 heteroatoms. The topological polar surface area (TPSA) is 52.0 Å². The Morgan fingerprint density at radius 3 is 2.91 bits per heavy atom. The largest absolute Gasteiger partial charge is 0.298 e. The van der Waals surface area contributed by atoms with Gasteiger partial charge in [-0.3, -0.25) is 14.2 Å². The maximum atomic E-state index is 12.8. The number of rotatable bonds is 4. The van der Waals surface area contributed by atoms with Crippen LogP contribution in [0.25, 0.3) is 10.9 Å². The van der Waals surface area contributed by atoms with Crippen LogP contribution in [-0.2, 0) is 11.3 Å². The standard InChI is InChI=1S/C17H19BrN2O2S/c1-2-9-20-16(22)12-10-11(18)7-8-13(12)19-17(20)23-15-6-4-3-5-14(15)21/h7-8,10,15H,2-6,9H2,1H3/t15-/m1/s1. The molecule has 1 saturated carbocycles. The number of hydrogen-bond acceptors (Lipinski definition) is 4. The van der Waals surface area contributed by atoms with Crippen molar-refractivity contribution in [1.82, 2.24) is 9.55 Å². The van der Waals surface area contributed by atoms with E-state index in [-0.39, 0.29) is 16.6 Å². The van der Waals surface area contributed by atoms with E-state index in [0.717, 1.165) is 30.2 Å². The van der Waals surface area contributed by atoms with Gasteiger partial charge < -0.3 is 0 Å². The quantitative estimate of drug-likeness (QED) is 0.729. The molecule has 23 heavy (non-hydrogen) atoms. The summed E-state index contributed by atoms with van der Waals surface area (Å²) >= 11 is 4.87. The number of benzene rings is 1. The van der Waals surface area contributed by atoms with Crippen LogP contribution in [0.2, 0.25) is 0 Å². The summed E-state index contributed by atoms with van der Waals surface area (Å²) in [6, 6.07) is 5.56.